The summed E-state index contributed by atoms with van der Waals surface area (Å²) in [5.74, 6) is 0.545. The van der Waals surface area contributed by atoms with Crippen LogP contribution in [0.2, 0.25) is 0 Å². The molecule has 1 N–H and O–H groups in total. The lowest BCUT2D eigenvalue weighted by molar-refractivity contribution is 0.0985. The van der Waals surface area contributed by atoms with E-state index in [1.165, 1.54) is 30.3 Å². The summed E-state index contributed by atoms with van der Waals surface area (Å²) in [6.07, 6.45) is 1.85. The molecule has 7 nitrogen and oxygen atoms in total. The number of carbonyl (C=O) groups is 1. The van der Waals surface area contributed by atoms with Gasteiger partial charge in [0.05, 0.1) is 19.1 Å². The van der Waals surface area contributed by atoms with Gasteiger partial charge in [-0.15, -0.1) is 0 Å². The Balaban J connectivity index is 1.47. The van der Waals surface area contributed by atoms with Gasteiger partial charge in [0, 0.05) is 24.3 Å². The van der Waals surface area contributed by atoms with Crippen LogP contribution in [0.4, 0.5) is 10.1 Å². The van der Waals surface area contributed by atoms with Crippen LogP contribution in [0.1, 0.15) is 27.9 Å². The zero-order valence-electron chi connectivity index (χ0n) is 19.6. The second kappa shape index (κ2) is 10.5. The number of amides is 1. The first-order valence-electron chi connectivity index (χ1n) is 11.2. The van der Waals surface area contributed by atoms with Gasteiger partial charge in [-0.2, -0.15) is 0 Å². The Kier molecular flexibility index (Phi) is 7.37. The predicted molar refractivity (Wildman–Crippen MR) is 131 cm³/mol. The average molecular weight is 499 g/mol. The number of ether oxygens (including phenoxy) is 2. The van der Waals surface area contributed by atoms with Crippen LogP contribution in [-0.2, 0) is 22.9 Å². The second-order valence-electron chi connectivity index (χ2n) is 8.19. The van der Waals surface area contributed by atoms with E-state index in [1.54, 1.807) is 37.3 Å². The zero-order valence-corrected chi connectivity index (χ0v) is 20.4. The summed E-state index contributed by atoms with van der Waals surface area (Å²) in [5, 5.41) is 0. The third-order valence-electron chi connectivity index (χ3n) is 5.97. The van der Waals surface area contributed by atoms with E-state index in [0.717, 1.165) is 11.1 Å². The molecule has 1 heterocycles. The van der Waals surface area contributed by atoms with Gasteiger partial charge in [0.1, 0.15) is 5.82 Å². The molecule has 0 fully saturated rings. The average Bonchev–Trinajstić information content (AvgIpc) is 2.87. The Morgan fingerprint density at radius 2 is 1.74 bits per heavy atom. The molecule has 0 saturated heterocycles. The summed E-state index contributed by atoms with van der Waals surface area (Å²) in [6, 6.07) is 15.7. The van der Waals surface area contributed by atoms with Crippen LogP contribution in [0, 0.1) is 5.82 Å². The molecule has 0 radical (unpaired) electrons. The first kappa shape index (κ1) is 24.7. The van der Waals surface area contributed by atoms with Gasteiger partial charge in [0.2, 0.25) is 10.0 Å². The molecule has 0 unspecified atom stereocenters. The lowest BCUT2D eigenvalue weighted by atomic mass is 10.0. The van der Waals surface area contributed by atoms with Crippen molar-refractivity contribution in [2.45, 2.75) is 24.2 Å². The highest BCUT2D eigenvalue weighted by molar-refractivity contribution is 7.89. The smallest absolute Gasteiger partial charge is 0.258 e. The Hall–Kier alpha value is -3.43. The molecule has 35 heavy (non-hydrogen) atoms. The number of carbonyl (C=O) groups excluding carboxylic acids is 1. The molecule has 3 aromatic rings. The van der Waals surface area contributed by atoms with Crippen LogP contribution in [0.25, 0.3) is 0 Å². The highest BCUT2D eigenvalue weighted by Crippen LogP contribution is 2.31. The number of hydrogen-bond acceptors (Lipinski definition) is 5. The number of benzene rings is 3. The van der Waals surface area contributed by atoms with E-state index < -0.39 is 15.8 Å². The molecule has 1 amide bonds. The third-order valence-corrected chi connectivity index (χ3v) is 7.43. The molecule has 0 aliphatic carbocycles. The zero-order chi connectivity index (χ0) is 25.0. The molecular weight excluding hydrogens is 471 g/mol. The fraction of sp³-hybridized carbons (Fsp3) is 0.269. The molecule has 1 aliphatic rings. The number of halogens is 1. The van der Waals surface area contributed by atoms with Gasteiger partial charge in [-0.05, 0) is 85.0 Å². The van der Waals surface area contributed by atoms with Gasteiger partial charge in [0.15, 0.2) is 11.5 Å². The van der Waals surface area contributed by atoms with Crippen molar-refractivity contribution in [2.24, 2.45) is 0 Å². The van der Waals surface area contributed by atoms with Crippen LogP contribution >= 0.6 is 0 Å². The van der Waals surface area contributed by atoms with Crippen molar-refractivity contribution in [2.75, 3.05) is 32.2 Å². The molecule has 4 rings (SSSR count). The van der Waals surface area contributed by atoms with E-state index in [9.17, 15) is 17.6 Å². The van der Waals surface area contributed by atoms with Gasteiger partial charge in [-0.1, -0.05) is 6.07 Å². The number of nitrogens with one attached hydrogen (secondary N) is 1. The van der Waals surface area contributed by atoms with Gasteiger partial charge in [-0.25, -0.2) is 17.5 Å². The Labute approximate surface area is 204 Å². The Morgan fingerprint density at radius 1 is 1.00 bits per heavy atom. The summed E-state index contributed by atoms with van der Waals surface area (Å²) >= 11 is 0. The Bertz CT molecular complexity index is 1330. The summed E-state index contributed by atoms with van der Waals surface area (Å²) in [6.45, 7) is 0.725. The predicted octanol–water partition coefficient (Wildman–Crippen LogP) is 3.96. The molecule has 3 aromatic carbocycles. The van der Waals surface area contributed by atoms with E-state index in [2.05, 4.69) is 4.72 Å². The van der Waals surface area contributed by atoms with Crippen molar-refractivity contribution in [3.8, 4) is 11.5 Å². The lowest BCUT2D eigenvalue weighted by Gasteiger charge is -2.30. The number of anilines is 1. The molecular formula is C26H27FN2O5S. The molecule has 0 saturated carbocycles. The standard InChI is InChI=1S/C26H27FN2O5S/c1-33-24-12-5-18(16-25(24)34-2)13-14-28-35(31,32)22-10-11-23-20(17-22)4-3-15-29(23)26(30)19-6-8-21(27)9-7-19/h5-12,16-17,28H,3-4,13-15H2,1-2H3. The maximum absolute atomic E-state index is 13.2. The SMILES string of the molecule is COc1ccc(CCNS(=O)(=O)c2ccc3c(c2)CCCN3C(=O)c2ccc(F)cc2)cc1OC. The second-order valence-corrected chi connectivity index (χ2v) is 9.96. The van der Waals surface area contributed by atoms with Crippen molar-refractivity contribution in [1.82, 2.24) is 4.72 Å². The van der Waals surface area contributed by atoms with Gasteiger partial charge in [-0.3, -0.25) is 4.79 Å². The number of aryl methyl sites for hydroxylation is 1. The minimum Gasteiger partial charge on any atom is -0.493 e. The first-order valence-corrected chi connectivity index (χ1v) is 12.7. The van der Waals surface area contributed by atoms with E-state index in [-0.39, 0.29) is 17.3 Å². The quantitative estimate of drug-likeness (QED) is 0.508. The van der Waals surface area contributed by atoms with Gasteiger partial charge < -0.3 is 14.4 Å². The van der Waals surface area contributed by atoms with Crippen molar-refractivity contribution < 1.29 is 27.1 Å². The van der Waals surface area contributed by atoms with E-state index in [0.29, 0.717) is 48.6 Å². The molecule has 9 heteroatoms. The van der Waals surface area contributed by atoms with E-state index in [4.69, 9.17) is 9.47 Å². The maximum atomic E-state index is 13.2. The summed E-state index contributed by atoms with van der Waals surface area (Å²) < 4.78 is 52.3. The molecule has 0 atom stereocenters. The maximum Gasteiger partial charge on any atom is 0.258 e. The summed E-state index contributed by atoms with van der Waals surface area (Å²) in [4.78, 5) is 14.7. The molecule has 0 aromatic heterocycles. The van der Waals surface area contributed by atoms with Crippen LogP contribution in [0.3, 0.4) is 0 Å². The van der Waals surface area contributed by atoms with Crippen molar-refractivity contribution in [3.63, 3.8) is 0 Å². The largest absolute Gasteiger partial charge is 0.493 e. The van der Waals surface area contributed by atoms with Crippen LogP contribution in [-0.4, -0.2) is 41.6 Å². The molecule has 0 spiro atoms. The Morgan fingerprint density at radius 3 is 2.46 bits per heavy atom. The number of rotatable bonds is 8. The van der Waals surface area contributed by atoms with Crippen LogP contribution in [0.15, 0.2) is 65.6 Å². The monoisotopic (exact) mass is 498 g/mol. The molecule has 1 aliphatic heterocycles. The van der Waals surface area contributed by atoms with Crippen molar-refractivity contribution in [3.05, 3.63) is 83.2 Å². The normalized spacial score (nSPS) is 13.3. The number of nitrogens with zero attached hydrogens (tertiary/aromatic N) is 1. The topological polar surface area (TPSA) is 84.9 Å². The number of methoxy groups -OCH3 is 2. The minimum atomic E-state index is -3.74. The highest BCUT2D eigenvalue weighted by atomic mass is 32.2. The number of fused-ring (bicyclic) bond motifs is 1. The van der Waals surface area contributed by atoms with Gasteiger partial charge >= 0.3 is 0 Å². The first-order chi connectivity index (χ1) is 16.8. The lowest BCUT2D eigenvalue weighted by Crippen LogP contribution is -2.35. The third kappa shape index (κ3) is 5.47. The van der Waals surface area contributed by atoms with Crippen LogP contribution in [0.5, 0.6) is 11.5 Å². The summed E-state index contributed by atoms with van der Waals surface area (Å²) in [5.41, 5.74) is 2.75. The fourth-order valence-corrected chi connectivity index (χ4v) is 5.23. The van der Waals surface area contributed by atoms with Crippen molar-refractivity contribution in [1.29, 1.82) is 0 Å². The minimum absolute atomic E-state index is 0.152. The van der Waals surface area contributed by atoms with E-state index in [1.807, 2.05) is 12.1 Å². The number of hydrogen-bond donors (Lipinski definition) is 1. The number of sulfonamides is 1. The molecule has 184 valence electrons. The molecule has 0 bridgehead atoms. The summed E-state index contributed by atoms with van der Waals surface area (Å²) in [7, 11) is -0.630. The van der Waals surface area contributed by atoms with E-state index >= 15 is 0 Å². The highest BCUT2D eigenvalue weighted by Gasteiger charge is 2.25. The van der Waals surface area contributed by atoms with Crippen LogP contribution < -0.4 is 19.1 Å². The van der Waals surface area contributed by atoms with Crippen molar-refractivity contribution >= 4 is 21.6 Å². The van der Waals surface area contributed by atoms with Gasteiger partial charge in [0.25, 0.3) is 5.91 Å². The fourth-order valence-electron chi connectivity index (χ4n) is 4.15.